The van der Waals surface area contributed by atoms with E-state index in [-0.39, 0.29) is 11.9 Å². The molecule has 1 aliphatic rings. The summed E-state index contributed by atoms with van der Waals surface area (Å²) >= 11 is 0. The summed E-state index contributed by atoms with van der Waals surface area (Å²) < 4.78 is 5.83. The van der Waals surface area contributed by atoms with E-state index in [1.807, 2.05) is 13.8 Å². The van der Waals surface area contributed by atoms with E-state index < -0.39 is 0 Å². The van der Waals surface area contributed by atoms with E-state index in [4.69, 9.17) is 10.5 Å². The third-order valence-corrected chi connectivity index (χ3v) is 3.88. The number of nitrogens with two attached hydrogens (primary N) is 1. The van der Waals surface area contributed by atoms with Crippen LogP contribution >= 0.6 is 0 Å². The largest absolute Gasteiger partial charge is 0.378 e. The second-order valence-corrected chi connectivity index (χ2v) is 5.69. The number of hydrogen-bond acceptors (Lipinski definition) is 3. The van der Waals surface area contributed by atoms with Crippen molar-refractivity contribution >= 4 is 5.91 Å². The maximum atomic E-state index is 11.6. The fraction of sp³-hybridized carbons (Fsp3) is 0.933. The minimum absolute atomic E-state index is 0.0976. The molecule has 0 aliphatic heterocycles. The molecule has 0 bridgehead atoms. The fourth-order valence-corrected chi connectivity index (χ4v) is 2.80. The van der Waals surface area contributed by atoms with Crippen LogP contribution in [0.2, 0.25) is 0 Å². The number of nitrogens with one attached hydrogen (secondary N) is 1. The lowest BCUT2D eigenvalue weighted by atomic mass is 9.98. The highest BCUT2D eigenvalue weighted by Crippen LogP contribution is 2.30. The molecule has 0 saturated heterocycles. The fourth-order valence-electron chi connectivity index (χ4n) is 2.80. The van der Waals surface area contributed by atoms with E-state index in [9.17, 15) is 4.79 Å². The van der Waals surface area contributed by atoms with Gasteiger partial charge >= 0.3 is 0 Å². The van der Waals surface area contributed by atoms with Gasteiger partial charge in [0.05, 0.1) is 6.10 Å². The van der Waals surface area contributed by atoms with Crippen molar-refractivity contribution in [3.05, 3.63) is 0 Å². The van der Waals surface area contributed by atoms with Gasteiger partial charge in [-0.15, -0.1) is 0 Å². The van der Waals surface area contributed by atoms with Crippen LogP contribution in [0.5, 0.6) is 0 Å². The molecule has 0 heterocycles. The van der Waals surface area contributed by atoms with Crippen LogP contribution in [-0.2, 0) is 9.53 Å². The third kappa shape index (κ3) is 6.92. The Balaban J connectivity index is 2.18. The third-order valence-electron chi connectivity index (χ3n) is 3.88. The molecular formula is C15H30N2O2. The van der Waals surface area contributed by atoms with Crippen molar-refractivity contribution in [1.29, 1.82) is 0 Å². The first-order valence-electron chi connectivity index (χ1n) is 7.77. The summed E-state index contributed by atoms with van der Waals surface area (Å²) in [4.78, 5) is 11.6. The van der Waals surface area contributed by atoms with Crippen LogP contribution in [0.25, 0.3) is 0 Å². The monoisotopic (exact) mass is 270 g/mol. The molecule has 0 spiro atoms. The number of carbonyl (C=O) groups is 1. The molecule has 3 N–H and O–H groups in total. The molecule has 2 unspecified atom stereocenters. The maximum absolute atomic E-state index is 11.6. The van der Waals surface area contributed by atoms with Crippen LogP contribution in [-0.4, -0.2) is 31.2 Å². The molecular weight excluding hydrogens is 240 g/mol. The van der Waals surface area contributed by atoms with Gasteiger partial charge in [0.1, 0.15) is 0 Å². The summed E-state index contributed by atoms with van der Waals surface area (Å²) in [6.45, 7) is 5.46. The second-order valence-electron chi connectivity index (χ2n) is 5.69. The summed E-state index contributed by atoms with van der Waals surface area (Å²) in [5.41, 5.74) is 5.64. The number of amides is 1. The van der Waals surface area contributed by atoms with E-state index in [0.29, 0.717) is 18.4 Å². The smallest absolute Gasteiger partial charge is 0.220 e. The maximum Gasteiger partial charge on any atom is 0.220 e. The number of ether oxygens (including phenoxy) is 1. The summed E-state index contributed by atoms with van der Waals surface area (Å²) in [6, 6.07) is 0.0976. The summed E-state index contributed by atoms with van der Waals surface area (Å²) in [5, 5.41) is 2.98. The first-order valence-corrected chi connectivity index (χ1v) is 7.77. The molecule has 0 aromatic heterocycles. The molecule has 2 atom stereocenters. The predicted molar refractivity (Wildman–Crippen MR) is 77.9 cm³/mol. The van der Waals surface area contributed by atoms with Gasteiger partial charge in [0.2, 0.25) is 5.91 Å². The van der Waals surface area contributed by atoms with Crippen molar-refractivity contribution in [2.75, 3.05) is 13.2 Å². The van der Waals surface area contributed by atoms with Gasteiger partial charge in [0.25, 0.3) is 0 Å². The summed E-state index contributed by atoms with van der Waals surface area (Å²) in [6.07, 6.45) is 7.75. The Morgan fingerprint density at radius 2 is 2.05 bits per heavy atom. The van der Waals surface area contributed by atoms with Gasteiger partial charge in [-0.05, 0) is 45.4 Å². The zero-order chi connectivity index (χ0) is 14.1. The minimum atomic E-state index is 0.0976. The highest BCUT2D eigenvalue weighted by molar-refractivity contribution is 5.75. The van der Waals surface area contributed by atoms with Crippen molar-refractivity contribution in [1.82, 2.24) is 5.32 Å². The van der Waals surface area contributed by atoms with Crippen LogP contribution in [0, 0.1) is 5.92 Å². The Morgan fingerprint density at radius 1 is 1.37 bits per heavy atom. The summed E-state index contributed by atoms with van der Waals surface area (Å²) in [7, 11) is 0. The zero-order valence-corrected chi connectivity index (χ0v) is 12.5. The standard InChI is InChI=1S/C15H30N2O2/c1-3-19-14(13-6-4-5-7-13)10-11-17-15(18)9-8-12(2)16/h12-14H,3-11,16H2,1-2H3,(H,17,18). The van der Waals surface area contributed by atoms with Gasteiger partial charge in [-0.1, -0.05) is 12.8 Å². The van der Waals surface area contributed by atoms with Crippen LogP contribution in [0.1, 0.15) is 58.8 Å². The van der Waals surface area contributed by atoms with Crippen LogP contribution < -0.4 is 11.1 Å². The quantitative estimate of drug-likeness (QED) is 0.675. The van der Waals surface area contributed by atoms with E-state index >= 15 is 0 Å². The molecule has 1 amide bonds. The number of rotatable bonds is 9. The molecule has 19 heavy (non-hydrogen) atoms. The molecule has 0 aromatic rings. The van der Waals surface area contributed by atoms with Crippen LogP contribution in [0.3, 0.4) is 0 Å². The van der Waals surface area contributed by atoms with Gasteiger partial charge in [-0.25, -0.2) is 0 Å². The van der Waals surface area contributed by atoms with Gasteiger partial charge in [-0.3, -0.25) is 4.79 Å². The van der Waals surface area contributed by atoms with Crippen molar-refractivity contribution < 1.29 is 9.53 Å². The van der Waals surface area contributed by atoms with E-state index in [1.54, 1.807) is 0 Å². The topological polar surface area (TPSA) is 64.3 Å². The minimum Gasteiger partial charge on any atom is -0.378 e. The van der Waals surface area contributed by atoms with Gasteiger partial charge < -0.3 is 15.8 Å². The Labute approximate surface area is 117 Å². The van der Waals surface area contributed by atoms with Gasteiger partial charge in [0, 0.05) is 25.6 Å². The summed E-state index contributed by atoms with van der Waals surface area (Å²) in [5.74, 6) is 0.805. The molecule has 1 fully saturated rings. The van der Waals surface area contributed by atoms with E-state index in [0.717, 1.165) is 26.0 Å². The molecule has 4 nitrogen and oxygen atoms in total. The average Bonchev–Trinajstić information content (AvgIpc) is 2.89. The van der Waals surface area contributed by atoms with Crippen molar-refractivity contribution in [2.45, 2.75) is 70.9 Å². The van der Waals surface area contributed by atoms with Crippen molar-refractivity contribution in [3.63, 3.8) is 0 Å². The SMILES string of the molecule is CCOC(CCNC(=O)CCC(C)N)C1CCCC1. The lowest BCUT2D eigenvalue weighted by Gasteiger charge is -2.23. The number of hydrogen-bond donors (Lipinski definition) is 2. The Hall–Kier alpha value is -0.610. The molecule has 1 rings (SSSR count). The first kappa shape index (κ1) is 16.4. The highest BCUT2D eigenvalue weighted by Gasteiger charge is 2.25. The molecule has 4 heteroatoms. The molecule has 0 aromatic carbocycles. The number of carbonyl (C=O) groups excluding carboxylic acids is 1. The lowest BCUT2D eigenvalue weighted by Crippen LogP contribution is -2.31. The Morgan fingerprint density at radius 3 is 2.63 bits per heavy atom. The Kier molecular flexibility index (Phi) is 8.07. The molecule has 112 valence electrons. The van der Waals surface area contributed by atoms with Crippen LogP contribution in [0.4, 0.5) is 0 Å². The Bertz CT molecular complexity index is 251. The van der Waals surface area contributed by atoms with Gasteiger partial charge in [0.15, 0.2) is 0 Å². The predicted octanol–water partition coefficient (Wildman–Crippen LogP) is 2.22. The van der Waals surface area contributed by atoms with Crippen LogP contribution in [0.15, 0.2) is 0 Å². The van der Waals surface area contributed by atoms with E-state index in [2.05, 4.69) is 5.32 Å². The second kappa shape index (κ2) is 9.32. The van der Waals surface area contributed by atoms with Crippen molar-refractivity contribution in [3.8, 4) is 0 Å². The van der Waals surface area contributed by atoms with E-state index in [1.165, 1.54) is 25.7 Å². The first-order chi connectivity index (χ1) is 9.13. The molecule has 0 radical (unpaired) electrons. The molecule has 1 saturated carbocycles. The normalized spacial score (nSPS) is 19.3. The highest BCUT2D eigenvalue weighted by atomic mass is 16.5. The zero-order valence-electron chi connectivity index (χ0n) is 12.5. The lowest BCUT2D eigenvalue weighted by molar-refractivity contribution is -0.121. The molecule has 1 aliphatic carbocycles. The van der Waals surface area contributed by atoms with Crippen molar-refractivity contribution in [2.24, 2.45) is 11.7 Å². The van der Waals surface area contributed by atoms with Gasteiger partial charge in [-0.2, -0.15) is 0 Å². The average molecular weight is 270 g/mol.